The molecule has 64 heavy (non-hydrogen) atoms. The Kier molecular flexibility index (Phi) is 15.5. The summed E-state index contributed by atoms with van der Waals surface area (Å²) in [4.78, 5) is 77.5. The second kappa shape index (κ2) is 20.5. The van der Waals surface area contributed by atoms with Crippen LogP contribution in [0.5, 0.6) is 17.2 Å². The summed E-state index contributed by atoms with van der Waals surface area (Å²) in [6, 6.07) is 8.00. The number of phenols is 1. The Bertz CT molecular complexity index is 2400. The fourth-order valence-corrected chi connectivity index (χ4v) is 7.10. The Hall–Kier alpha value is -6.86. The number of nitrogens with zero attached hydrogens (tertiary/aromatic N) is 3. The highest BCUT2D eigenvalue weighted by Crippen LogP contribution is 2.45. The van der Waals surface area contributed by atoms with Gasteiger partial charge < -0.3 is 57.7 Å². The van der Waals surface area contributed by atoms with E-state index >= 15 is 4.39 Å². The van der Waals surface area contributed by atoms with E-state index in [0.717, 1.165) is 4.90 Å². The van der Waals surface area contributed by atoms with Gasteiger partial charge in [0.2, 0.25) is 17.7 Å². The molecule has 19 heteroatoms. The zero-order valence-corrected chi connectivity index (χ0v) is 36.7. The number of hydrogen-bond acceptors (Lipinski definition) is 13. The molecule has 0 fully saturated rings. The van der Waals surface area contributed by atoms with E-state index in [9.17, 15) is 34.2 Å². The van der Waals surface area contributed by atoms with Crippen LogP contribution < -0.4 is 42.6 Å². The Morgan fingerprint density at radius 1 is 0.938 bits per heavy atom. The minimum Gasteiger partial charge on any atom is -0.504 e. The molecule has 3 atom stereocenters. The number of hydrogen-bond donors (Lipinski definition) is 8. The monoisotopic (exact) mass is 885 g/mol. The quantitative estimate of drug-likeness (QED) is 0.0846. The predicted molar refractivity (Wildman–Crippen MR) is 236 cm³/mol. The molecule has 4 aromatic rings. The molecule has 2 heterocycles. The summed E-state index contributed by atoms with van der Waals surface area (Å²) in [6.07, 6.45) is 0.709. The highest BCUT2D eigenvalue weighted by atomic mass is 19.1. The number of aromatic nitrogens is 2. The topological polar surface area (TPSA) is 287 Å². The molecule has 0 radical (unpaired) electrons. The molecule has 5 rings (SSSR count). The molecule has 4 bridgehead atoms. The van der Waals surface area contributed by atoms with E-state index in [1.807, 2.05) is 20.8 Å². The summed E-state index contributed by atoms with van der Waals surface area (Å²) < 4.78 is 27.1. The number of benzene rings is 3. The van der Waals surface area contributed by atoms with Crippen LogP contribution in [0, 0.1) is 12.7 Å². The number of nitrogens with one attached hydrogen (secondary N) is 3. The fourth-order valence-electron chi connectivity index (χ4n) is 7.10. The van der Waals surface area contributed by atoms with E-state index < -0.39 is 65.5 Å². The van der Waals surface area contributed by atoms with Crippen molar-refractivity contribution in [2.24, 2.45) is 11.5 Å². The van der Waals surface area contributed by atoms with Crippen molar-refractivity contribution in [2.45, 2.75) is 77.4 Å². The van der Waals surface area contributed by atoms with Gasteiger partial charge >= 0.3 is 5.97 Å². The first kappa shape index (κ1) is 48.2. The maximum Gasteiger partial charge on any atom is 0.326 e. The van der Waals surface area contributed by atoms with Gasteiger partial charge in [-0.25, -0.2) is 19.2 Å². The van der Waals surface area contributed by atoms with Gasteiger partial charge in [-0.05, 0) is 92.2 Å². The smallest absolute Gasteiger partial charge is 0.326 e. The first-order chi connectivity index (χ1) is 30.2. The van der Waals surface area contributed by atoms with Gasteiger partial charge in [-0.3, -0.25) is 19.2 Å². The molecule has 0 spiro atoms. The Balaban J connectivity index is 1.54. The zero-order chi connectivity index (χ0) is 47.0. The van der Waals surface area contributed by atoms with Gasteiger partial charge in [0, 0.05) is 30.2 Å². The number of fused-ring (bicyclic) bond motifs is 5. The van der Waals surface area contributed by atoms with E-state index in [0.29, 0.717) is 36.1 Å². The van der Waals surface area contributed by atoms with Gasteiger partial charge in [0.1, 0.15) is 41.1 Å². The second-order valence-corrected chi connectivity index (χ2v) is 16.5. The molecule has 1 aromatic heterocycles. The number of aromatic hydroxyl groups is 1. The van der Waals surface area contributed by atoms with Crippen molar-refractivity contribution in [3.63, 3.8) is 0 Å². The average Bonchev–Trinajstić information content (AvgIpc) is 3.22. The SMILES string of the molecule is Cc1nc(-c2ccc(C(C)(C)C)c(F)c2)nc(N)c1C(=O)NCC(=O)N(C)[C@@H]1C(=O)N[C@@H](C)C(=O)N[C@H](C(=O)O)Cc2ccc(OCCCN)c(c2)-c2cc1cc(OCCCN)c2O. The van der Waals surface area contributed by atoms with Gasteiger partial charge in [0.05, 0.1) is 25.5 Å². The average molecular weight is 886 g/mol. The number of anilines is 1. The first-order valence-corrected chi connectivity index (χ1v) is 20.7. The minimum absolute atomic E-state index is 0.0651. The minimum atomic E-state index is -1.54. The lowest BCUT2D eigenvalue weighted by atomic mass is 9.86. The first-order valence-electron chi connectivity index (χ1n) is 20.7. The number of ether oxygens (including phenoxy) is 2. The normalized spacial score (nSPS) is 16.5. The molecular weight excluding hydrogens is 830 g/mol. The third-order valence-corrected chi connectivity index (χ3v) is 10.6. The third kappa shape index (κ3) is 11.2. The highest BCUT2D eigenvalue weighted by molar-refractivity contribution is 6.02. The van der Waals surface area contributed by atoms with Crippen LogP contribution in [0.15, 0.2) is 48.5 Å². The van der Waals surface area contributed by atoms with Crippen molar-refractivity contribution in [2.75, 3.05) is 45.6 Å². The molecular formula is C45H56FN9O9. The summed E-state index contributed by atoms with van der Waals surface area (Å²) >= 11 is 0. The number of phenolic OH excluding ortho intramolecular Hbond substituents is 1. The standard InChI is InChI=1S/C45H56FN9O9/c1-23-36(39(49)54-40(51-23)26-10-11-30(31(46)20-26)45(3,4)5)42(59)50-22-35(56)55(6)37-27-19-29(38(57)34(21-27)64-16-8-14-48)28-17-25(9-12-33(28)63-15-7-13-47)18-32(44(61)62)53-41(58)24(2)52-43(37)60/h9-12,17,19-21,24,32,37,57H,7-8,13-16,18,22,47-48H2,1-6H3,(H,50,59)(H,52,60)(H,53,58)(H,61,62)(H2,49,51,54)/t24-,32-,37-/m0/s1. The van der Waals surface area contributed by atoms with Crippen LogP contribution in [0.4, 0.5) is 10.2 Å². The Morgan fingerprint density at radius 3 is 2.22 bits per heavy atom. The molecule has 1 aliphatic heterocycles. The number of carbonyl (C=O) groups is 5. The number of aryl methyl sites for hydroxylation is 1. The molecule has 0 aliphatic carbocycles. The molecule has 3 aromatic carbocycles. The number of likely N-dealkylation sites (N-methyl/N-ethyl adjacent to an activating group) is 1. The molecule has 0 saturated carbocycles. The van der Waals surface area contributed by atoms with Crippen molar-refractivity contribution in [1.29, 1.82) is 0 Å². The largest absolute Gasteiger partial charge is 0.504 e. The maximum absolute atomic E-state index is 15.1. The molecule has 18 nitrogen and oxygen atoms in total. The third-order valence-electron chi connectivity index (χ3n) is 10.6. The number of nitrogen functional groups attached to an aromatic ring is 1. The van der Waals surface area contributed by atoms with Gasteiger partial charge in [-0.15, -0.1) is 0 Å². The molecule has 342 valence electrons. The summed E-state index contributed by atoms with van der Waals surface area (Å²) in [5.41, 5.74) is 19.1. The number of rotatable bonds is 14. The van der Waals surface area contributed by atoms with Crippen LogP contribution in [0.3, 0.4) is 0 Å². The molecule has 4 amide bonds. The molecule has 11 N–H and O–H groups in total. The Morgan fingerprint density at radius 2 is 1.61 bits per heavy atom. The van der Waals surface area contributed by atoms with Crippen LogP contribution in [0.1, 0.15) is 79.3 Å². The van der Waals surface area contributed by atoms with Gasteiger partial charge in [-0.2, -0.15) is 0 Å². The van der Waals surface area contributed by atoms with E-state index in [1.54, 1.807) is 30.3 Å². The number of carboxylic acids is 1. The summed E-state index contributed by atoms with van der Waals surface area (Å²) in [7, 11) is 1.30. The molecule has 0 saturated heterocycles. The van der Waals surface area contributed by atoms with Crippen molar-refractivity contribution in [3.8, 4) is 39.8 Å². The van der Waals surface area contributed by atoms with Crippen molar-refractivity contribution in [3.05, 3.63) is 82.3 Å². The lowest BCUT2D eigenvalue weighted by Gasteiger charge is -2.30. The molecule has 0 unspecified atom stereocenters. The van der Waals surface area contributed by atoms with Gasteiger partial charge in [-0.1, -0.05) is 39.0 Å². The predicted octanol–water partition coefficient (Wildman–Crippen LogP) is 2.86. The summed E-state index contributed by atoms with van der Waals surface area (Å²) in [6.45, 7) is 8.69. The summed E-state index contributed by atoms with van der Waals surface area (Å²) in [5, 5.41) is 29.4. The van der Waals surface area contributed by atoms with E-state index in [1.165, 1.54) is 39.1 Å². The maximum atomic E-state index is 15.1. The van der Waals surface area contributed by atoms with Crippen LogP contribution in [0.25, 0.3) is 22.5 Å². The second-order valence-electron chi connectivity index (χ2n) is 16.5. The number of halogens is 1. The van der Waals surface area contributed by atoms with Crippen molar-refractivity contribution in [1.82, 2.24) is 30.8 Å². The number of amides is 4. The van der Waals surface area contributed by atoms with Crippen LogP contribution >= 0.6 is 0 Å². The zero-order valence-electron chi connectivity index (χ0n) is 36.7. The van der Waals surface area contributed by atoms with Crippen molar-refractivity contribution < 1.29 is 48.0 Å². The number of nitrogens with two attached hydrogens (primary N) is 3. The van der Waals surface area contributed by atoms with Crippen molar-refractivity contribution >= 4 is 35.4 Å². The number of carboxylic acid groups (broad SMARTS) is 1. The molecule has 1 aliphatic rings. The van der Waals surface area contributed by atoms with E-state index in [4.69, 9.17) is 26.7 Å². The van der Waals surface area contributed by atoms with Gasteiger partial charge in [0.25, 0.3) is 5.91 Å². The van der Waals surface area contributed by atoms with Gasteiger partial charge in [0.15, 0.2) is 17.3 Å². The lowest BCUT2D eigenvalue weighted by molar-refractivity contribution is -0.142. The van der Waals surface area contributed by atoms with Crippen LogP contribution in [-0.4, -0.2) is 107 Å². The van der Waals surface area contributed by atoms with Crippen LogP contribution in [0.2, 0.25) is 0 Å². The lowest BCUT2D eigenvalue weighted by Crippen LogP contribution is -2.53. The van der Waals surface area contributed by atoms with Crippen LogP contribution in [-0.2, 0) is 31.0 Å². The Labute approximate surface area is 370 Å². The summed E-state index contributed by atoms with van der Waals surface area (Å²) in [5.74, 6) is -5.35. The highest BCUT2D eigenvalue weighted by Gasteiger charge is 2.35. The fraction of sp³-hybridized carbons (Fsp3) is 0.400. The van der Waals surface area contributed by atoms with E-state index in [-0.39, 0.29) is 83.0 Å². The number of aliphatic carboxylic acids is 1. The van der Waals surface area contributed by atoms with E-state index in [2.05, 4.69) is 25.9 Å². The number of carbonyl (C=O) groups excluding carboxylic acids is 4.